The summed E-state index contributed by atoms with van der Waals surface area (Å²) in [5, 5.41) is 13.0. The van der Waals surface area contributed by atoms with Gasteiger partial charge in [-0.15, -0.1) is 0 Å². The molecule has 1 heterocycles. The number of benzene rings is 3. The number of aromatic nitrogens is 1. The Hall–Kier alpha value is -4.77. The first-order chi connectivity index (χ1) is 19.3. The number of hydrogen-bond donors (Lipinski definition) is 2. The maximum absolute atomic E-state index is 15.1. The lowest BCUT2D eigenvalue weighted by Crippen LogP contribution is -2.43. The van der Waals surface area contributed by atoms with E-state index in [1.165, 1.54) is 44.7 Å². The molecule has 0 saturated heterocycles. The SMILES string of the molecule is COc1cc2nccc(Oc3ccc(NC(=O)C4(C(=O)N(CO)c5ccc(F)cc5)CC4)cc3F)c2cc1OC. The van der Waals surface area contributed by atoms with Crippen molar-refractivity contribution in [3.8, 4) is 23.0 Å². The lowest BCUT2D eigenvalue weighted by Gasteiger charge is -2.25. The molecule has 5 rings (SSSR count). The minimum Gasteiger partial charge on any atom is -0.493 e. The van der Waals surface area contributed by atoms with Gasteiger partial charge in [0.25, 0.3) is 0 Å². The highest BCUT2D eigenvalue weighted by molar-refractivity contribution is 6.17. The molecule has 206 valence electrons. The molecule has 1 aliphatic carbocycles. The van der Waals surface area contributed by atoms with Crippen molar-refractivity contribution >= 4 is 34.1 Å². The molecule has 0 bridgehead atoms. The molecule has 0 spiro atoms. The number of anilines is 2. The van der Waals surface area contributed by atoms with Crippen molar-refractivity contribution in [3.05, 3.63) is 78.5 Å². The summed E-state index contributed by atoms with van der Waals surface area (Å²) in [5.74, 6) is -1.34. The van der Waals surface area contributed by atoms with Gasteiger partial charge in [0.15, 0.2) is 23.1 Å². The van der Waals surface area contributed by atoms with E-state index in [0.29, 0.717) is 28.2 Å². The third kappa shape index (κ3) is 4.98. The zero-order valence-corrected chi connectivity index (χ0v) is 21.6. The number of nitrogens with zero attached hydrogens (tertiary/aromatic N) is 2. The van der Waals surface area contributed by atoms with Gasteiger partial charge in [0, 0.05) is 35.1 Å². The van der Waals surface area contributed by atoms with Gasteiger partial charge in [-0.1, -0.05) is 0 Å². The van der Waals surface area contributed by atoms with Gasteiger partial charge in [-0.05, 0) is 61.4 Å². The summed E-state index contributed by atoms with van der Waals surface area (Å²) in [4.78, 5) is 31.6. The van der Waals surface area contributed by atoms with Crippen molar-refractivity contribution in [2.75, 3.05) is 31.2 Å². The highest BCUT2D eigenvalue weighted by atomic mass is 19.1. The van der Waals surface area contributed by atoms with Crippen LogP contribution in [0.5, 0.6) is 23.0 Å². The normalized spacial score (nSPS) is 13.4. The number of carbonyl (C=O) groups is 2. The number of pyridine rings is 1. The molecule has 1 saturated carbocycles. The predicted molar refractivity (Wildman–Crippen MR) is 143 cm³/mol. The maximum atomic E-state index is 15.1. The lowest BCUT2D eigenvalue weighted by molar-refractivity contribution is -0.133. The molecule has 1 aromatic heterocycles. The minimum absolute atomic E-state index is 0.0970. The molecular weight excluding hydrogens is 524 g/mol. The molecule has 9 nitrogen and oxygen atoms in total. The smallest absolute Gasteiger partial charge is 0.244 e. The van der Waals surface area contributed by atoms with Crippen LogP contribution in [0, 0.1) is 17.0 Å². The summed E-state index contributed by atoms with van der Waals surface area (Å²) in [7, 11) is 3.01. The third-order valence-corrected chi connectivity index (χ3v) is 6.74. The van der Waals surface area contributed by atoms with Gasteiger partial charge < -0.3 is 24.6 Å². The van der Waals surface area contributed by atoms with E-state index in [9.17, 15) is 19.1 Å². The van der Waals surface area contributed by atoms with E-state index in [1.54, 1.807) is 18.2 Å². The summed E-state index contributed by atoms with van der Waals surface area (Å²) in [6.07, 6.45) is 2.02. The maximum Gasteiger partial charge on any atom is 0.244 e. The second kappa shape index (κ2) is 10.8. The van der Waals surface area contributed by atoms with E-state index in [1.807, 2.05) is 0 Å². The molecule has 0 radical (unpaired) electrons. The molecule has 2 amide bonds. The van der Waals surface area contributed by atoms with Crippen LogP contribution < -0.4 is 24.4 Å². The lowest BCUT2D eigenvalue weighted by atomic mass is 10.0. The predicted octanol–water partition coefficient (Wildman–Crippen LogP) is 5.02. The van der Waals surface area contributed by atoms with Gasteiger partial charge in [0.1, 0.15) is 23.7 Å². The van der Waals surface area contributed by atoms with Crippen LogP contribution in [-0.2, 0) is 9.59 Å². The average Bonchev–Trinajstić information content (AvgIpc) is 3.77. The van der Waals surface area contributed by atoms with Gasteiger partial charge in [0.2, 0.25) is 11.8 Å². The Kier molecular flexibility index (Phi) is 7.22. The molecule has 0 atom stereocenters. The summed E-state index contributed by atoms with van der Waals surface area (Å²) >= 11 is 0. The standard InChI is InChI=1S/C29H25F2N3O6/c1-38-25-14-20-22(15-26(25)39-2)32-12-9-23(20)40-24-8-5-18(13-21(24)31)33-27(36)29(10-11-29)28(37)34(16-35)19-6-3-17(30)4-7-19/h3-9,12-15,35H,10-11,16H2,1-2H3,(H,33,36). The molecular formula is C29H25F2N3O6. The van der Waals surface area contributed by atoms with E-state index >= 15 is 4.39 Å². The van der Waals surface area contributed by atoms with E-state index in [4.69, 9.17) is 14.2 Å². The molecule has 40 heavy (non-hydrogen) atoms. The fourth-order valence-electron chi connectivity index (χ4n) is 4.37. The number of carbonyl (C=O) groups excluding carboxylic acids is 2. The Morgan fingerprint density at radius 3 is 2.27 bits per heavy atom. The summed E-state index contributed by atoms with van der Waals surface area (Å²) < 4.78 is 44.9. The summed E-state index contributed by atoms with van der Waals surface area (Å²) in [5.41, 5.74) is -0.493. The fourth-order valence-corrected chi connectivity index (χ4v) is 4.37. The largest absolute Gasteiger partial charge is 0.493 e. The van der Waals surface area contributed by atoms with Crippen LogP contribution in [0.4, 0.5) is 20.2 Å². The number of halogens is 2. The highest BCUT2D eigenvalue weighted by Crippen LogP contribution is 2.49. The van der Waals surface area contributed by atoms with Crippen molar-refractivity contribution in [2.24, 2.45) is 5.41 Å². The zero-order chi connectivity index (χ0) is 28.4. The summed E-state index contributed by atoms with van der Waals surface area (Å²) in [6, 6.07) is 13.8. The highest BCUT2D eigenvalue weighted by Gasteiger charge is 2.58. The number of aliphatic hydroxyl groups is 1. The van der Waals surface area contributed by atoms with Crippen molar-refractivity contribution in [3.63, 3.8) is 0 Å². The molecule has 1 fully saturated rings. The van der Waals surface area contributed by atoms with Crippen LogP contribution in [0.3, 0.4) is 0 Å². The number of hydrogen-bond acceptors (Lipinski definition) is 7. The number of nitrogens with one attached hydrogen (secondary N) is 1. The Morgan fingerprint density at radius 2 is 1.65 bits per heavy atom. The Bertz CT molecular complexity index is 1590. The van der Waals surface area contributed by atoms with Crippen LogP contribution in [0.1, 0.15) is 12.8 Å². The first-order valence-electron chi connectivity index (χ1n) is 12.3. The molecule has 4 aromatic rings. The van der Waals surface area contributed by atoms with Gasteiger partial charge in [-0.3, -0.25) is 19.5 Å². The summed E-state index contributed by atoms with van der Waals surface area (Å²) in [6.45, 7) is -0.692. The Balaban J connectivity index is 1.33. The van der Waals surface area contributed by atoms with Crippen molar-refractivity contribution in [1.82, 2.24) is 4.98 Å². The number of methoxy groups -OCH3 is 2. The average molecular weight is 550 g/mol. The number of fused-ring (bicyclic) bond motifs is 1. The molecule has 3 aromatic carbocycles. The second-order valence-corrected chi connectivity index (χ2v) is 9.17. The van der Waals surface area contributed by atoms with Gasteiger partial charge >= 0.3 is 0 Å². The van der Waals surface area contributed by atoms with Crippen LogP contribution in [-0.4, -0.2) is 42.9 Å². The molecule has 0 unspecified atom stereocenters. The molecule has 2 N–H and O–H groups in total. The van der Waals surface area contributed by atoms with Crippen LogP contribution >= 0.6 is 0 Å². The molecule has 11 heteroatoms. The minimum atomic E-state index is -1.42. The van der Waals surface area contributed by atoms with Crippen LogP contribution in [0.15, 0.2) is 66.9 Å². The van der Waals surface area contributed by atoms with Gasteiger partial charge in [-0.2, -0.15) is 0 Å². The van der Waals surface area contributed by atoms with E-state index in [0.717, 1.165) is 23.1 Å². The van der Waals surface area contributed by atoms with Gasteiger partial charge in [0.05, 0.1) is 19.7 Å². The number of amides is 2. The van der Waals surface area contributed by atoms with E-state index in [-0.39, 0.29) is 30.0 Å². The van der Waals surface area contributed by atoms with Crippen molar-refractivity contribution in [1.29, 1.82) is 0 Å². The van der Waals surface area contributed by atoms with Crippen molar-refractivity contribution < 1.29 is 37.7 Å². The number of ether oxygens (including phenoxy) is 3. The number of rotatable bonds is 9. The molecule has 1 aliphatic rings. The first kappa shape index (κ1) is 26.8. The monoisotopic (exact) mass is 549 g/mol. The first-order valence-corrected chi connectivity index (χ1v) is 12.3. The fraction of sp³-hybridized carbons (Fsp3) is 0.207. The third-order valence-electron chi connectivity index (χ3n) is 6.74. The van der Waals surface area contributed by atoms with Gasteiger partial charge in [-0.25, -0.2) is 8.78 Å². The Morgan fingerprint density at radius 1 is 0.950 bits per heavy atom. The van der Waals surface area contributed by atoms with Crippen LogP contribution in [0.2, 0.25) is 0 Å². The van der Waals surface area contributed by atoms with E-state index in [2.05, 4.69) is 10.3 Å². The quantitative estimate of drug-likeness (QED) is 0.223. The number of aliphatic hydroxyl groups excluding tert-OH is 1. The Labute approximate surface area is 227 Å². The van der Waals surface area contributed by atoms with Crippen molar-refractivity contribution in [2.45, 2.75) is 12.8 Å². The van der Waals surface area contributed by atoms with Crippen LogP contribution in [0.25, 0.3) is 10.9 Å². The molecule has 0 aliphatic heterocycles. The topological polar surface area (TPSA) is 110 Å². The second-order valence-electron chi connectivity index (χ2n) is 9.17. The van der Waals surface area contributed by atoms with E-state index < -0.39 is 35.6 Å². The zero-order valence-electron chi connectivity index (χ0n) is 21.6.